The smallest absolute Gasteiger partial charge is 0.255 e. The third kappa shape index (κ3) is 3.33. The van der Waals surface area contributed by atoms with Crippen LogP contribution in [0.5, 0.6) is 5.75 Å². The van der Waals surface area contributed by atoms with Crippen LogP contribution in [0.25, 0.3) is 28.1 Å². The average Bonchev–Trinajstić information content (AvgIpc) is 3.34. The van der Waals surface area contributed by atoms with E-state index in [9.17, 15) is 39.9 Å². The average molecular weight is 561 g/mol. The molecule has 41 heavy (non-hydrogen) atoms. The lowest BCUT2D eigenvalue weighted by Crippen LogP contribution is -2.70. The zero-order valence-electron chi connectivity index (χ0n) is 22.3. The largest absolute Gasteiger partial charge is 0.508 e. The van der Waals surface area contributed by atoms with Crippen molar-refractivity contribution in [2.75, 3.05) is 14.1 Å². The normalized spacial score (nSPS) is 29.6. The Bertz CT molecular complexity index is 1720. The van der Waals surface area contributed by atoms with E-state index in [1.807, 2.05) is 12.1 Å². The second kappa shape index (κ2) is 8.77. The van der Waals surface area contributed by atoms with Crippen LogP contribution in [-0.4, -0.2) is 79.7 Å². The van der Waals surface area contributed by atoms with Crippen molar-refractivity contribution in [1.29, 1.82) is 0 Å². The molecule has 3 aromatic rings. The third-order valence-electron chi connectivity index (χ3n) is 8.82. The fourth-order valence-electron chi connectivity index (χ4n) is 6.93. The van der Waals surface area contributed by atoms with E-state index in [1.165, 1.54) is 19.0 Å². The lowest BCUT2D eigenvalue weighted by Gasteiger charge is -2.53. The van der Waals surface area contributed by atoms with Crippen LogP contribution < -0.4 is 5.73 Å². The number of carbonyl (C=O) groups excluding carboxylic acids is 3. The highest BCUT2D eigenvalue weighted by atomic mass is 16.4. The number of carbonyl (C=O) groups is 3. The van der Waals surface area contributed by atoms with E-state index in [1.54, 1.807) is 37.3 Å². The quantitative estimate of drug-likeness (QED) is 0.258. The molecule has 0 aliphatic heterocycles. The molecule has 0 radical (unpaired) electrons. The first kappa shape index (κ1) is 26.8. The van der Waals surface area contributed by atoms with Crippen molar-refractivity contribution in [3.63, 3.8) is 0 Å². The van der Waals surface area contributed by atoms with Gasteiger partial charge in [0.2, 0.25) is 5.78 Å². The van der Waals surface area contributed by atoms with E-state index < -0.39 is 81.4 Å². The first-order valence-corrected chi connectivity index (χ1v) is 13.0. The van der Waals surface area contributed by atoms with Crippen molar-refractivity contribution in [3.8, 4) is 17.1 Å². The Morgan fingerprint density at radius 2 is 1.76 bits per heavy atom. The van der Waals surface area contributed by atoms with E-state index >= 15 is 0 Å². The van der Waals surface area contributed by atoms with E-state index in [-0.39, 0.29) is 11.1 Å². The number of fused-ring (bicyclic) bond motifs is 4. The number of hydrogen-bond acceptors (Lipinski definition) is 10. The van der Waals surface area contributed by atoms with Crippen molar-refractivity contribution in [1.82, 2.24) is 4.90 Å². The molecule has 11 nitrogen and oxygen atoms in total. The molecule has 6 rings (SSSR count). The van der Waals surface area contributed by atoms with Gasteiger partial charge >= 0.3 is 0 Å². The summed E-state index contributed by atoms with van der Waals surface area (Å²) in [5, 5.41) is 58.2. The number of likely N-dealkylation sites (N-methyl/N-ethyl adjacent to an activating group) is 1. The van der Waals surface area contributed by atoms with Gasteiger partial charge in [-0.3, -0.25) is 19.3 Å². The Morgan fingerprint density at radius 1 is 1.07 bits per heavy atom. The number of benzene rings is 2. The van der Waals surface area contributed by atoms with Gasteiger partial charge in [-0.15, -0.1) is 0 Å². The third-order valence-corrected chi connectivity index (χ3v) is 8.82. The number of amides is 1. The van der Waals surface area contributed by atoms with Gasteiger partial charge in [0.1, 0.15) is 34.2 Å². The maximum Gasteiger partial charge on any atom is 0.255 e. The first-order valence-electron chi connectivity index (χ1n) is 13.0. The van der Waals surface area contributed by atoms with Gasteiger partial charge in [0.05, 0.1) is 29.2 Å². The van der Waals surface area contributed by atoms with Crippen LogP contribution in [0.1, 0.15) is 24.0 Å². The van der Waals surface area contributed by atoms with Crippen molar-refractivity contribution >= 4 is 34.2 Å². The highest BCUT2D eigenvalue weighted by Gasteiger charge is 2.68. The fourth-order valence-corrected chi connectivity index (χ4v) is 6.93. The van der Waals surface area contributed by atoms with Gasteiger partial charge in [-0.1, -0.05) is 31.2 Å². The molecule has 2 aromatic carbocycles. The number of furan rings is 1. The number of phenolic OH excluding ortho intramolecular Hbond substituents is 1. The lowest BCUT2D eigenvalue weighted by atomic mass is 9.54. The Morgan fingerprint density at radius 3 is 2.39 bits per heavy atom. The minimum atomic E-state index is -2.96. The number of nitrogens with two attached hydrogens (primary N) is 1. The van der Waals surface area contributed by atoms with Crippen LogP contribution in [0.3, 0.4) is 0 Å². The summed E-state index contributed by atoms with van der Waals surface area (Å²) in [6.45, 7) is 1.68. The summed E-state index contributed by atoms with van der Waals surface area (Å²) in [7, 11) is 2.92. The molecule has 0 unspecified atom stereocenters. The molecular formula is C30H28N2O9. The molecule has 212 valence electrons. The number of Topliss-reactive ketones (excluding diaryl/α,β-unsaturated/α-hetero) is 2. The minimum absolute atomic E-state index is 0.0982. The van der Waals surface area contributed by atoms with E-state index in [2.05, 4.69) is 0 Å². The Kier molecular flexibility index (Phi) is 5.73. The number of ketones is 2. The SMILES string of the molecule is C[C@@H]1c2ccc(-c3cc4ccccc4o3)c(O)c2C(O)=C2C(=O)[C@@]3(O)C(O)=C(C(N)=O)C(=O)[C@H](N(C)C)[C@H]3[C@H](O)[C@@H]21. The molecule has 0 spiro atoms. The van der Waals surface area contributed by atoms with Gasteiger partial charge in [-0.05, 0) is 43.8 Å². The van der Waals surface area contributed by atoms with E-state index in [0.29, 0.717) is 16.9 Å². The number of hydrogen-bond donors (Lipinski definition) is 6. The van der Waals surface area contributed by atoms with Crippen LogP contribution in [0.2, 0.25) is 0 Å². The molecule has 0 bridgehead atoms. The van der Waals surface area contributed by atoms with Crippen LogP contribution in [0, 0.1) is 11.8 Å². The second-order valence-electron chi connectivity index (χ2n) is 11.1. The predicted molar refractivity (Wildman–Crippen MR) is 146 cm³/mol. The molecule has 6 atom stereocenters. The van der Waals surface area contributed by atoms with Crippen molar-refractivity contribution in [2.45, 2.75) is 30.6 Å². The molecule has 1 aromatic heterocycles. The molecule has 0 saturated heterocycles. The number of nitrogens with zero attached hydrogens (tertiary/aromatic N) is 1. The van der Waals surface area contributed by atoms with Gasteiger partial charge in [0.25, 0.3) is 5.91 Å². The monoisotopic (exact) mass is 560 g/mol. The number of rotatable bonds is 3. The number of phenols is 1. The molecule has 3 aliphatic rings. The standard InChI is InChI=1S/C30H28N2O9/c1-11-13-8-9-14(16-10-12-6-4-5-7-15(12)41-16)23(33)18(13)24(34)19-17(11)25(35)21-22(32(2)3)26(36)20(29(31)39)28(38)30(21,40)27(19)37/h4-11,17,21-22,25,33-35,38,40H,1-3H3,(H2,31,39)/t11-,17-,21+,22-,25-,30-/m1/s1. The van der Waals surface area contributed by atoms with E-state index in [4.69, 9.17) is 10.2 Å². The highest BCUT2D eigenvalue weighted by Crippen LogP contribution is 2.57. The van der Waals surface area contributed by atoms with Gasteiger partial charge in [0.15, 0.2) is 11.4 Å². The fraction of sp³-hybridized carbons (Fsp3) is 0.300. The molecule has 1 saturated carbocycles. The van der Waals surface area contributed by atoms with Crippen LogP contribution in [0.4, 0.5) is 0 Å². The highest BCUT2D eigenvalue weighted by molar-refractivity contribution is 6.24. The summed E-state index contributed by atoms with van der Waals surface area (Å²) >= 11 is 0. The second-order valence-corrected chi connectivity index (χ2v) is 11.1. The molecule has 3 aliphatic carbocycles. The van der Waals surface area contributed by atoms with Crippen molar-refractivity contribution < 1.29 is 44.3 Å². The molecule has 1 fully saturated rings. The maximum atomic E-state index is 14.1. The van der Waals surface area contributed by atoms with E-state index in [0.717, 1.165) is 5.39 Å². The number of aliphatic hydroxyl groups excluding tert-OH is 3. The minimum Gasteiger partial charge on any atom is -0.508 e. The molecule has 1 amide bonds. The number of aliphatic hydroxyl groups is 4. The summed E-state index contributed by atoms with van der Waals surface area (Å²) in [5.41, 5.74) is 2.10. The molecular weight excluding hydrogens is 532 g/mol. The van der Waals surface area contributed by atoms with Gasteiger partial charge in [-0.2, -0.15) is 0 Å². The van der Waals surface area contributed by atoms with Crippen LogP contribution in [0.15, 0.2) is 63.8 Å². The Balaban J connectivity index is 1.59. The molecule has 7 N–H and O–H groups in total. The zero-order chi connectivity index (χ0) is 29.7. The molecule has 11 heteroatoms. The predicted octanol–water partition coefficient (Wildman–Crippen LogP) is 1.91. The van der Waals surface area contributed by atoms with Gasteiger partial charge in [0, 0.05) is 16.9 Å². The molecule has 1 heterocycles. The van der Waals surface area contributed by atoms with Gasteiger partial charge in [-0.25, -0.2) is 0 Å². The number of aromatic hydroxyl groups is 1. The lowest BCUT2D eigenvalue weighted by molar-refractivity contribution is -0.169. The summed E-state index contributed by atoms with van der Waals surface area (Å²) in [6, 6.07) is 10.8. The Hall–Kier alpha value is -4.45. The summed E-state index contributed by atoms with van der Waals surface area (Å²) < 4.78 is 5.89. The number of primary amides is 1. The van der Waals surface area contributed by atoms with Crippen LogP contribution in [-0.2, 0) is 14.4 Å². The summed E-state index contributed by atoms with van der Waals surface area (Å²) in [4.78, 5) is 40.9. The maximum absolute atomic E-state index is 14.1. The summed E-state index contributed by atoms with van der Waals surface area (Å²) in [5.74, 6) is -9.02. The number of para-hydroxylation sites is 1. The van der Waals surface area contributed by atoms with Crippen molar-refractivity contribution in [3.05, 3.63) is 70.5 Å². The first-order chi connectivity index (χ1) is 19.3. The summed E-state index contributed by atoms with van der Waals surface area (Å²) in [6.07, 6.45) is -1.65. The van der Waals surface area contributed by atoms with Gasteiger partial charge < -0.3 is 35.7 Å². The van der Waals surface area contributed by atoms with Crippen LogP contribution >= 0.6 is 0 Å². The Labute approximate surface area is 233 Å². The van der Waals surface area contributed by atoms with Crippen molar-refractivity contribution in [2.24, 2.45) is 17.6 Å². The zero-order valence-corrected chi connectivity index (χ0v) is 22.3. The topological polar surface area (TPSA) is 195 Å².